The molecule has 2 N–H and O–H groups in total. The molecule has 124 valence electrons. The standard InChI is InChI=1S/C19H21N3O2/c1-19(2,24)15-7-5-13(18(23)22(3)4)9-14(15)12-6-8-16-17(10-12)21-11-20-16/h5-11,24H,1-4H3,(H,20,21). The van der Waals surface area contributed by atoms with Crippen LogP contribution in [0, 0.1) is 0 Å². The predicted molar refractivity (Wildman–Crippen MR) is 94.8 cm³/mol. The highest BCUT2D eigenvalue weighted by Gasteiger charge is 2.22. The summed E-state index contributed by atoms with van der Waals surface area (Å²) >= 11 is 0. The fourth-order valence-electron chi connectivity index (χ4n) is 2.81. The lowest BCUT2D eigenvalue weighted by Gasteiger charge is -2.23. The molecule has 0 aliphatic carbocycles. The molecule has 0 spiro atoms. The summed E-state index contributed by atoms with van der Waals surface area (Å²) in [5.41, 5.74) is 3.89. The molecular weight excluding hydrogens is 302 g/mol. The van der Waals surface area contributed by atoms with Crippen molar-refractivity contribution in [3.05, 3.63) is 53.9 Å². The molecule has 5 heteroatoms. The number of hydrogen-bond acceptors (Lipinski definition) is 3. The summed E-state index contributed by atoms with van der Waals surface area (Å²) in [6.45, 7) is 3.48. The van der Waals surface area contributed by atoms with E-state index >= 15 is 0 Å². The zero-order valence-corrected chi connectivity index (χ0v) is 14.3. The van der Waals surface area contributed by atoms with Gasteiger partial charge >= 0.3 is 0 Å². The van der Waals surface area contributed by atoms with E-state index in [1.165, 1.54) is 0 Å². The van der Waals surface area contributed by atoms with Crippen LogP contribution in [0.3, 0.4) is 0 Å². The molecule has 3 rings (SSSR count). The minimum absolute atomic E-state index is 0.0700. The van der Waals surface area contributed by atoms with Gasteiger partial charge in [0.25, 0.3) is 5.91 Å². The lowest BCUT2D eigenvalue weighted by atomic mass is 9.88. The van der Waals surface area contributed by atoms with Crippen molar-refractivity contribution in [3.63, 3.8) is 0 Å². The first-order chi connectivity index (χ1) is 11.3. The maximum absolute atomic E-state index is 12.3. The Morgan fingerprint density at radius 2 is 1.92 bits per heavy atom. The normalized spacial score (nSPS) is 11.7. The molecule has 0 aliphatic rings. The summed E-state index contributed by atoms with van der Waals surface area (Å²) in [5.74, 6) is -0.0700. The van der Waals surface area contributed by atoms with E-state index in [0.29, 0.717) is 5.56 Å². The van der Waals surface area contributed by atoms with E-state index in [2.05, 4.69) is 9.97 Å². The average Bonchev–Trinajstić information content (AvgIpc) is 3.00. The number of benzene rings is 2. The Hall–Kier alpha value is -2.66. The molecule has 0 fully saturated rings. The molecule has 0 radical (unpaired) electrons. The highest BCUT2D eigenvalue weighted by Crippen LogP contribution is 2.33. The number of amides is 1. The monoisotopic (exact) mass is 323 g/mol. The fraction of sp³-hybridized carbons (Fsp3) is 0.263. The number of aliphatic hydroxyl groups is 1. The number of carbonyl (C=O) groups is 1. The summed E-state index contributed by atoms with van der Waals surface area (Å²) in [7, 11) is 3.45. The molecule has 2 aromatic carbocycles. The minimum Gasteiger partial charge on any atom is -0.386 e. The average molecular weight is 323 g/mol. The van der Waals surface area contributed by atoms with E-state index in [1.54, 1.807) is 45.2 Å². The van der Waals surface area contributed by atoms with E-state index in [9.17, 15) is 9.90 Å². The summed E-state index contributed by atoms with van der Waals surface area (Å²) in [6, 6.07) is 11.3. The quantitative estimate of drug-likeness (QED) is 0.778. The van der Waals surface area contributed by atoms with E-state index in [4.69, 9.17) is 0 Å². The van der Waals surface area contributed by atoms with Crippen molar-refractivity contribution < 1.29 is 9.90 Å². The summed E-state index contributed by atoms with van der Waals surface area (Å²) in [6.07, 6.45) is 1.65. The van der Waals surface area contributed by atoms with Crippen molar-refractivity contribution in [1.82, 2.24) is 14.9 Å². The zero-order valence-electron chi connectivity index (χ0n) is 14.3. The van der Waals surface area contributed by atoms with Crippen molar-refractivity contribution in [2.24, 2.45) is 0 Å². The number of fused-ring (bicyclic) bond motifs is 1. The van der Waals surface area contributed by atoms with Gasteiger partial charge in [-0.1, -0.05) is 12.1 Å². The molecule has 0 saturated carbocycles. The van der Waals surface area contributed by atoms with Crippen LogP contribution in [0.15, 0.2) is 42.7 Å². The van der Waals surface area contributed by atoms with Gasteiger partial charge in [0.2, 0.25) is 0 Å². The van der Waals surface area contributed by atoms with Gasteiger partial charge in [0.15, 0.2) is 0 Å². The van der Waals surface area contributed by atoms with Crippen LogP contribution in [0.2, 0.25) is 0 Å². The van der Waals surface area contributed by atoms with Gasteiger partial charge in [-0.2, -0.15) is 0 Å². The Morgan fingerprint density at radius 1 is 1.17 bits per heavy atom. The topological polar surface area (TPSA) is 69.2 Å². The summed E-state index contributed by atoms with van der Waals surface area (Å²) < 4.78 is 0. The predicted octanol–water partition coefficient (Wildman–Crippen LogP) is 3.16. The number of nitrogens with one attached hydrogen (secondary N) is 1. The van der Waals surface area contributed by atoms with Crippen molar-refractivity contribution in [1.29, 1.82) is 0 Å². The number of nitrogens with zero attached hydrogens (tertiary/aromatic N) is 2. The van der Waals surface area contributed by atoms with E-state index in [1.807, 2.05) is 30.3 Å². The Balaban J connectivity index is 2.21. The zero-order chi connectivity index (χ0) is 17.5. The number of hydrogen-bond donors (Lipinski definition) is 2. The van der Waals surface area contributed by atoms with Gasteiger partial charge in [0.1, 0.15) is 0 Å². The Labute approximate surface area is 141 Å². The van der Waals surface area contributed by atoms with Gasteiger partial charge in [-0.3, -0.25) is 4.79 Å². The van der Waals surface area contributed by atoms with Gasteiger partial charge in [0, 0.05) is 19.7 Å². The van der Waals surface area contributed by atoms with Crippen molar-refractivity contribution in [3.8, 4) is 11.1 Å². The first-order valence-electron chi connectivity index (χ1n) is 7.79. The van der Waals surface area contributed by atoms with E-state index < -0.39 is 5.60 Å². The number of aromatic nitrogens is 2. The molecule has 1 amide bonds. The van der Waals surface area contributed by atoms with Crippen LogP contribution in [0.4, 0.5) is 0 Å². The Morgan fingerprint density at radius 3 is 2.58 bits per heavy atom. The Kier molecular flexibility index (Phi) is 3.89. The van der Waals surface area contributed by atoms with E-state index in [0.717, 1.165) is 27.7 Å². The molecule has 0 bridgehead atoms. The number of imidazole rings is 1. The highest BCUT2D eigenvalue weighted by atomic mass is 16.3. The first-order valence-corrected chi connectivity index (χ1v) is 7.79. The fourth-order valence-corrected chi connectivity index (χ4v) is 2.81. The molecule has 1 heterocycles. The van der Waals surface area contributed by atoms with Crippen LogP contribution in [-0.2, 0) is 5.60 Å². The maximum Gasteiger partial charge on any atom is 0.253 e. The van der Waals surface area contributed by atoms with Crippen LogP contribution in [0.5, 0.6) is 0 Å². The molecule has 5 nitrogen and oxygen atoms in total. The first kappa shape index (κ1) is 16.2. The minimum atomic E-state index is -1.02. The van der Waals surface area contributed by atoms with E-state index in [-0.39, 0.29) is 5.91 Å². The van der Waals surface area contributed by atoms with Gasteiger partial charge in [0.05, 0.1) is 23.0 Å². The molecule has 24 heavy (non-hydrogen) atoms. The van der Waals surface area contributed by atoms with Crippen LogP contribution >= 0.6 is 0 Å². The third-order valence-corrected chi connectivity index (χ3v) is 4.06. The lowest BCUT2D eigenvalue weighted by molar-refractivity contribution is 0.0784. The third-order valence-electron chi connectivity index (χ3n) is 4.06. The summed E-state index contributed by atoms with van der Waals surface area (Å²) in [4.78, 5) is 21.2. The van der Waals surface area contributed by atoms with Crippen LogP contribution < -0.4 is 0 Å². The van der Waals surface area contributed by atoms with Crippen LogP contribution in [-0.4, -0.2) is 40.0 Å². The molecule has 0 aliphatic heterocycles. The second kappa shape index (κ2) is 5.76. The molecule has 0 saturated heterocycles. The smallest absolute Gasteiger partial charge is 0.253 e. The number of H-pyrrole nitrogens is 1. The maximum atomic E-state index is 12.3. The number of rotatable bonds is 3. The number of carbonyl (C=O) groups excluding carboxylic acids is 1. The number of aromatic amines is 1. The third kappa shape index (κ3) is 2.90. The van der Waals surface area contributed by atoms with Crippen molar-refractivity contribution >= 4 is 16.9 Å². The van der Waals surface area contributed by atoms with Gasteiger partial charge < -0.3 is 15.0 Å². The second-order valence-corrected chi connectivity index (χ2v) is 6.65. The summed E-state index contributed by atoms with van der Waals surface area (Å²) in [5, 5.41) is 10.5. The second-order valence-electron chi connectivity index (χ2n) is 6.65. The molecule has 3 aromatic rings. The molecule has 1 aromatic heterocycles. The van der Waals surface area contributed by atoms with Crippen LogP contribution in [0.1, 0.15) is 29.8 Å². The van der Waals surface area contributed by atoms with Crippen molar-refractivity contribution in [2.45, 2.75) is 19.4 Å². The van der Waals surface area contributed by atoms with Gasteiger partial charge in [-0.15, -0.1) is 0 Å². The SMILES string of the molecule is CN(C)C(=O)c1ccc(C(C)(C)O)c(-c2ccc3[nH]cnc3c2)c1. The molecular formula is C19H21N3O2. The van der Waals surface area contributed by atoms with Gasteiger partial charge in [-0.05, 0) is 54.8 Å². The van der Waals surface area contributed by atoms with Gasteiger partial charge in [-0.25, -0.2) is 4.98 Å². The molecule has 0 unspecified atom stereocenters. The molecule has 0 atom stereocenters. The van der Waals surface area contributed by atoms with Crippen LogP contribution in [0.25, 0.3) is 22.2 Å². The highest BCUT2D eigenvalue weighted by molar-refractivity contribution is 5.96. The largest absolute Gasteiger partial charge is 0.386 e. The lowest BCUT2D eigenvalue weighted by Crippen LogP contribution is -2.23. The Bertz CT molecular complexity index is 904. The van der Waals surface area contributed by atoms with Crippen molar-refractivity contribution in [2.75, 3.05) is 14.1 Å².